The Morgan fingerprint density at radius 3 is 2.45 bits per heavy atom. The Balaban J connectivity index is 1.34. The third-order valence-electron chi connectivity index (χ3n) is 6.57. The normalized spacial score (nSPS) is 13.9. The molecule has 7 nitrogen and oxygen atoms in total. The van der Waals surface area contributed by atoms with Crippen molar-refractivity contribution in [2.75, 3.05) is 6.61 Å². The number of nitriles is 1. The van der Waals surface area contributed by atoms with Crippen molar-refractivity contribution in [2.24, 2.45) is 5.73 Å². The molecule has 0 bridgehead atoms. The molecule has 0 saturated heterocycles. The molecular formula is C33H26Cl2N2O5. The zero-order chi connectivity index (χ0) is 29.8. The minimum absolute atomic E-state index is 0.0316. The summed E-state index contributed by atoms with van der Waals surface area (Å²) in [7, 11) is 0. The van der Waals surface area contributed by atoms with Gasteiger partial charge in [0, 0.05) is 27.2 Å². The molecule has 1 aliphatic rings. The van der Waals surface area contributed by atoms with E-state index in [1.807, 2.05) is 56.3 Å². The van der Waals surface area contributed by atoms with Gasteiger partial charge in [-0.3, -0.25) is 0 Å². The van der Waals surface area contributed by atoms with Gasteiger partial charge in [-0.1, -0.05) is 53.5 Å². The molecular weight excluding hydrogens is 575 g/mol. The van der Waals surface area contributed by atoms with E-state index in [1.165, 1.54) is 0 Å². The summed E-state index contributed by atoms with van der Waals surface area (Å²) in [5.74, 6) is 0.661. The van der Waals surface area contributed by atoms with Crippen LogP contribution in [-0.4, -0.2) is 12.6 Å². The summed E-state index contributed by atoms with van der Waals surface area (Å²) >= 11 is 12.3. The lowest BCUT2D eigenvalue weighted by Gasteiger charge is -2.27. The maximum absolute atomic E-state index is 12.5. The molecule has 1 heterocycles. The Hall–Kier alpha value is -4.64. The lowest BCUT2D eigenvalue weighted by molar-refractivity contribution is -0.136. The number of hydrogen-bond donors (Lipinski definition) is 1. The van der Waals surface area contributed by atoms with Crippen molar-refractivity contribution in [2.45, 2.75) is 26.4 Å². The van der Waals surface area contributed by atoms with Crippen molar-refractivity contribution in [1.82, 2.24) is 0 Å². The third-order valence-corrected chi connectivity index (χ3v) is 7.16. The van der Waals surface area contributed by atoms with E-state index in [4.69, 9.17) is 47.9 Å². The first kappa shape index (κ1) is 28.9. The molecule has 42 heavy (non-hydrogen) atoms. The van der Waals surface area contributed by atoms with Crippen LogP contribution < -0.4 is 24.7 Å². The van der Waals surface area contributed by atoms with Crippen molar-refractivity contribution in [3.05, 3.63) is 128 Å². The molecule has 0 aromatic heterocycles. The second-order valence-corrected chi connectivity index (χ2v) is 10.7. The Labute approximate surface area is 253 Å². The van der Waals surface area contributed by atoms with E-state index in [0.29, 0.717) is 32.9 Å². The van der Waals surface area contributed by atoms with Crippen LogP contribution in [0.25, 0.3) is 0 Å². The van der Waals surface area contributed by atoms with Gasteiger partial charge in [-0.15, -0.1) is 0 Å². The minimum Gasteiger partial charge on any atom is -0.489 e. The summed E-state index contributed by atoms with van der Waals surface area (Å²) in [5, 5.41) is 11.0. The van der Waals surface area contributed by atoms with Crippen LogP contribution in [0.15, 0.2) is 90.3 Å². The number of benzene rings is 4. The number of hydrogen-bond acceptors (Lipinski definition) is 7. The number of esters is 1. The molecule has 0 saturated carbocycles. The first-order valence-electron chi connectivity index (χ1n) is 13.0. The summed E-state index contributed by atoms with van der Waals surface area (Å²) in [6.07, 6.45) is 0. The SMILES string of the molecule is Cc1cc(C)cc(OCC(=O)Oc2ccc3c(c2)OC(N)=C(C#N)C3c2cccc(OCc3ccc(Cl)cc3Cl)c2)c1. The van der Waals surface area contributed by atoms with Crippen molar-refractivity contribution in [3.8, 4) is 29.1 Å². The number of fused-ring (bicyclic) bond motifs is 1. The standard InChI is InChI=1S/C33H26Cl2N2O5/c1-19-10-20(2)12-26(11-19)40-18-31(38)41-25-8-9-27-30(15-25)42-33(37)28(16-36)32(27)21-4-3-5-24(13-21)39-17-22-6-7-23(34)14-29(22)35/h3-15,32H,17-18,37H2,1-2H3. The average Bonchev–Trinajstić information content (AvgIpc) is 2.94. The lowest BCUT2D eigenvalue weighted by atomic mass is 9.83. The van der Waals surface area contributed by atoms with Crippen molar-refractivity contribution in [3.63, 3.8) is 0 Å². The van der Waals surface area contributed by atoms with Gasteiger partial charge in [-0.25, -0.2) is 4.79 Å². The predicted octanol–water partition coefficient (Wildman–Crippen LogP) is 7.39. The summed E-state index contributed by atoms with van der Waals surface area (Å²) in [4.78, 5) is 12.5. The molecule has 0 amide bonds. The maximum atomic E-state index is 12.5. The molecule has 212 valence electrons. The highest BCUT2D eigenvalue weighted by atomic mass is 35.5. The van der Waals surface area contributed by atoms with Crippen LogP contribution in [0.4, 0.5) is 0 Å². The highest BCUT2D eigenvalue weighted by molar-refractivity contribution is 6.35. The Morgan fingerprint density at radius 1 is 0.929 bits per heavy atom. The van der Waals surface area contributed by atoms with Crippen molar-refractivity contribution >= 4 is 29.2 Å². The first-order chi connectivity index (χ1) is 20.2. The number of carbonyl (C=O) groups is 1. The number of nitrogens with zero attached hydrogens (tertiary/aromatic N) is 1. The van der Waals surface area contributed by atoms with E-state index in [-0.39, 0.29) is 30.4 Å². The van der Waals surface area contributed by atoms with Gasteiger partial charge in [0.25, 0.3) is 0 Å². The molecule has 0 radical (unpaired) electrons. The van der Waals surface area contributed by atoms with Gasteiger partial charge in [-0.05, 0) is 73.0 Å². The number of carbonyl (C=O) groups excluding carboxylic acids is 1. The molecule has 0 aliphatic carbocycles. The predicted molar refractivity (Wildman–Crippen MR) is 160 cm³/mol. The fraction of sp³-hybridized carbons (Fsp3) is 0.152. The van der Waals surface area contributed by atoms with Gasteiger partial charge < -0.3 is 24.7 Å². The van der Waals surface area contributed by atoms with Gasteiger partial charge in [0.05, 0.1) is 5.92 Å². The second-order valence-electron chi connectivity index (χ2n) is 9.81. The van der Waals surface area contributed by atoms with Crippen molar-refractivity contribution < 1.29 is 23.7 Å². The molecule has 1 aliphatic heterocycles. The number of nitrogens with two attached hydrogens (primary N) is 1. The molecule has 1 atom stereocenters. The molecule has 5 rings (SSSR count). The van der Waals surface area contributed by atoms with Crippen LogP contribution in [0, 0.1) is 25.2 Å². The fourth-order valence-corrected chi connectivity index (χ4v) is 5.21. The Morgan fingerprint density at radius 2 is 1.71 bits per heavy atom. The van der Waals surface area contributed by atoms with Gasteiger partial charge in [0.1, 0.15) is 41.2 Å². The van der Waals surface area contributed by atoms with E-state index >= 15 is 0 Å². The van der Waals surface area contributed by atoms with E-state index in [1.54, 1.807) is 36.4 Å². The molecule has 0 spiro atoms. The van der Waals surface area contributed by atoms with Gasteiger partial charge in [0.2, 0.25) is 5.88 Å². The lowest BCUT2D eigenvalue weighted by Crippen LogP contribution is -2.21. The van der Waals surface area contributed by atoms with Crippen LogP contribution in [-0.2, 0) is 11.4 Å². The second kappa shape index (κ2) is 12.5. The van der Waals surface area contributed by atoms with Gasteiger partial charge in [0.15, 0.2) is 6.61 Å². The molecule has 0 fully saturated rings. The number of allylic oxidation sites excluding steroid dienone is 1. The minimum atomic E-state index is -0.576. The zero-order valence-corrected chi connectivity index (χ0v) is 24.3. The Kier molecular flexibility index (Phi) is 8.58. The number of halogens is 2. The van der Waals surface area contributed by atoms with Crippen LogP contribution >= 0.6 is 23.2 Å². The largest absolute Gasteiger partial charge is 0.489 e. The van der Waals surface area contributed by atoms with E-state index in [2.05, 4.69) is 6.07 Å². The molecule has 4 aromatic rings. The summed E-state index contributed by atoms with van der Waals surface area (Å²) in [5.41, 5.74) is 10.7. The van der Waals surface area contributed by atoms with Crippen LogP contribution in [0.3, 0.4) is 0 Å². The molecule has 4 aromatic carbocycles. The average molecular weight is 601 g/mol. The van der Waals surface area contributed by atoms with Gasteiger partial charge in [-0.2, -0.15) is 5.26 Å². The molecule has 2 N–H and O–H groups in total. The highest BCUT2D eigenvalue weighted by Gasteiger charge is 2.31. The zero-order valence-electron chi connectivity index (χ0n) is 22.8. The summed E-state index contributed by atoms with van der Waals surface area (Å²) < 4.78 is 22.9. The van der Waals surface area contributed by atoms with E-state index in [0.717, 1.165) is 22.3 Å². The van der Waals surface area contributed by atoms with Crippen LogP contribution in [0.1, 0.15) is 33.7 Å². The Bertz CT molecular complexity index is 1720. The topological polar surface area (TPSA) is 104 Å². The quantitative estimate of drug-likeness (QED) is 0.166. The molecule has 9 heteroatoms. The third kappa shape index (κ3) is 6.63. The first-order valence-corrected chi connectivity index (χ1v) is 13.8. The van der Waals surface area contributed by atoms with Crippen LogP contribution in [0.5, 0.6) is 23.0 Å². The van der Waals surface area contributed by atoms with E-state index < -0.39 is 11.9 Å². The van der Waals surface area contributed by atoms with E-state index in [9.17, 15) is 10.1 Å². The number of ether oxygens (including phenoxy) is 4. The van der Waals surface area contributed by atoms with Crippen molar-refractivity contribution in [1.29, 1.82) is 5.26 Å². The van der Waals surface area contributed by atoms with Gasteiger partial charge >= 0.3 is 5.97 Å². The number of rotatable bonds is 8. The number of aryl methyl sites for hydroxylation is 2. The smallest absolute Gasteiger partial charge is 0.349 e. The highest BCUT2D eigenvalue weighted by Crippen LogP contribution is 2.44. The maximum Gasteiger partial charge on any atom is 0.349 e. The summed E-state index contributed by atoms with van der Waals surface area (Å²) in [6, 6.07) is 25.4. The van der Waals surface area contributed by atoms with Crippen LogP contribution in [0.2, 0.25) is 10.0 Å². The fourth-order valence-electron chi connectivity index (χ4n) is 4.75. The summed E-state index contributed by atoms with van der Waals surface area (Å²) in [6.45, 7) is 3.88. The molecule has 1 unspecified atom stereocenters. The monoisotopic (exact) mass is 600 g/mol.